The van der Waals surface area contributed by atoms with Crippen LogP contribution in [0.1, 0.15) is 35.4 Å². The van der Waals surface area contributed by atoms with Crippen LogP contribution in [0, 0.1) is 0 Å². The van der Waals surface area contributed by atoms with Crippen molar-refractivity contribution in [3.63, 3.8) is 0 Å². The van der Waals surface area contributed by atoms with Gasteiger partial charge in [-0.2, -0.15) is 0 Å². The highest BCUT2D eigenvalue weighted by Gasteiger charge is 2.52. The van der Waals surface area contributed by atoms with E-state index >= 15 is 0 Å². The lowest BCUT2D eigenvalue weighted by atomic mass is 9.77. The topological polar surface area (TPSA) is 156 Å². The number of ether oxygens (including phenoxy) is 5. The van der Waals surface area contributed by atoms with Crippen molar-refractivity contribution in [3.05, 3.63) is 58.7 Å². The molecule has 1 saturated heterocycles. The Hall–Kier alpha value is -3.84. The Labute approximate surface area is 242 Å². The van der Waals surface area contributed by atoms with Gasteiger partial charge in [-0.25, -0.2) is 0 Å². The van der Waals surface area contributed by atoms with E-state index in [1.165, 1.54) is 12.0 Å². The van der Waals surface area contributed by atoms with E-state index in [2.05, 4.69) is 5.32 Å². The molecule has 0 radical (unpaired) electrons. The lowest BCUT2D eigenvalue weighted by molar-refractivity contribution is -0.147. The van der Waals surface area contributed by atoms with Gasteiger partial charge in [-0.15, -0.1) is 0 Å². The van der Waals surface area contributed by atoms with Gasteiger partial charge < -0.3 is 49.2 Å². The van der Waals surface area contributed by atoms with Gasteiger partial charge in [0.2, 0.25) is 12.7 Å². The lowest BCUT2D eigenvalue weighted by Crippen LogP contribution is -2.57. The van der Waals surface area contributed by atoms with Gasteiger partial charge in [0.15, 0.2) is 23.0 Å². The molecule has 12 nitrogen and oxygen atoms in total. The third-order valence-corrected chi connectivity index (χ3v) is 8.13. The van der Waals surface area contributed by atoms with Crippen LogP contribution >= 0.6 is 0 Å². The Balaban J connectivity index is 1.42. The van der Waals surface area contributed by atoms with Crippen LogP contribution in [-0.2, 0) is 27.5 Å². The first-order valence-electron chi connectivity index (χ1n) is 14.0. The highest BCUT2D eigenvalue weighted by molar-refractivity contribution is 5.96. The number of hydrogen-bond donors (Lipinski definition) is 4. The maximum Gasteiger partial charge on any atom is 0.252 e. The smallest absolute Gasteiger partial charge is 0.252 e. The van der Waals surface area contributed by atoms with Gasteiger partial charge in [0.25, 0.3) is 5.91 Å². The summed E-state index contributed by atoms with van der Waals surface area (Å²) >= 11 is 0. The molecule has 5 unspecified atom stereocenters. The normalized spacial score (nSPS) is 25.2. The molecule has 3 aliphatic heterocycles. The van der Waals surface area contributed by atoms with Crippen molar-refractivity contribution in [3.8, 4) is 23.0 Å². The molecule has 6 rings (SSSR count). The highest BCUT2D eigenvalue weighted by Crippen LogP contribution is 2.51. The number of fused-ring (bicyclic) bond motifs is 4. The van der Waals surface area contributed by atoms with Crippen LogP contribution in [0.5, 0.6) is 23.0 Å². The van der Waals surface area contributed by atoms with Gasteiger partial charge >= 0.3 is 0 Å². The van der Waals surface area contributed by atoms with Crippen molar-refractivity contribution in [2.45, 2.75) is 56.3 Å². The third-order valence-electron chi connectivity index (χ3n) is 8.13. The molecule has 0 spiro atoms. The Morgan fingerprint density at radius 1 is 1.12 bits per heavy atom. The van der Waals surface area contributed by atoms with Crippen LogP contribution in [0.4, 0.5) is 0 Å². The molecule has 0 aromatic heterocycles. The summed E-state index contributed by atoms with van der Waals surface area (Å²) in [5, 5.41) is 33.8. The first-order chi connectivity index (χ1) is 20.4. The van der Waals surface area contributed by atoms with Gasteiger partial charge in [-0.05, 0) is 54.3 Å². The summed E-state index contributed by atoms with van der Waals surface area (Å²) < 4.78 is 28.5. The maximum absolute atomic E-state index is 14.0. The second-order valence-corrected chi connectivity index (χ2v) is 10.7. The number of aliphatic hydroxyl groups is 3. The van der Waals surface area contributed by atoms with E-state index in [1.54, 1.807) is 30.3 Å². The molecule has 224 valence electrons. The Kier molecular flexibility index (Phi) is 7.95. The van der Waals surface area contributed by atoms with E-state index < -0.39 is 36.2 Å². The Bertz CT molecular complexity index is 1390. The van der Waals surface area contributed by atoms with Crippen LogP contribution < -0.4 is 24.3 Å². The number of rotatable bonds is 9. The van der Waals surface area contributed by atoms with Crippen LogP contribution in [0.3, 0.4) is 0 Å². The summed E-state index contributed by atoms with van der Waals surface area (Å²) in [5.74, 6) is 0.392. The fourth-order valence-corrected chi connectivity index (χ4v) is 6.14. The first kappa shape index (κ1) is 28.3. The summed E-state index contributed by atoms with van der Waals surface area (Å²) in [5.41, 5.74) is 2.15. The summed E-state index contributed by atoms with van der Waals surface area (Å²) in [6.07, 6.45) is 0.0275. The Morgan fingerprint density at radius 3 is 2.69 bits per heavy atom. The van der Waals surface area contributed by atoms with E-state index in [0.29, 0.717) is 47.2 Å². The molecule has 0 saturated carbocycles. The van der Waals surface area contributed by atoms with Crippen molar-refractivity contribution >= 4 is 11.8 Å². The van der Waals surface area contributed by atoms with Gasteiger partial charge in [-0.1, -0.05) is 6.07 Å². The first-order valence-corrected chi connectivity index (χ1v) is 14.0. The Morgan fingerprint density at radius 2 is 1.95 bits per heavy atom. The van der Waals surface area contributed by atoms with Gasteiger partial charge in [0.05, 0.1) is 32.3 Å². The molecule has 5 atom stereocenters. The highest BCUT2D eigenvalue weighted by atomic mass is 16.7. The average Bonchev–Trinajstić information content (AvgIpc) is 3.78. The molecular formula is C30H34N2O10. The standard InChI is InChI=1S/C30H34N2O10/c1-38-24-11-17(14-34)9-18-25-19(29(36)31-6-7-33)12-20(26(35)28(25)42-27(18)24)32(30(37)22-3-2-8-39-22)13-16-4-5-21-23(10-16)41-15-40-21/h4-5,9-12,20,22,25-26,28,33-35H,2-3,6-8,13-15H2,1H3,(H,31,36). The van der Waals surface area contributed by atoms with Crippen molar-refractivity contribution in [1.82, 2.24) is 10.2 Å². The van der Waals surface area contributed by atoms with Crippen LogP contribution in [-0.4, -0.2) is 90.0 Å². The molecule has 12 heteroatoms. The second kappa shape index (κ2) is 11.8. The SMILES string of the molecule is COc1cc(CO)cc2c1OC1C2C(C(=O)NCCO)=CC(N(Cc2ccc3c(c2)OCO3)C(=O)C2CCCO2)C1O. The number of nitrogens with zero attached hydrogens (tertiary/aromatic N) is 1. The van der Waals surface area contributed by atoms with E-state index in [1.807, 2.05) is 6.07 Å². The van der Waals surface area contributed by atoms with Crippen molar-refractivity contribution in [2.24, 2.45) is 0 Å². The predicted molar refractivity (Wildman–Crippen MR) is 146 cm³/mol. The molecule has 2 amide bonds. The molecular weight excluding hydrogens is 548 g/mol. The van der Waals surface area contributed by atoms with E-state index in [-0.39, 0.29) is 44.6 Å². The van der Waals surface area contributed by atoms with Crippen LogP contribution in [0.2, 0.25) is 0 Å². The minimum atomic E-state index is -1.24. The maximum atomic E-state index is 14.0. The van der Waals surface area contributed by atoms with Crippen molar-refractivity contribution in [2.75, 3.05) is 33.7 Å². The molecule has 1 aliphatic carbocycles. The predicted octanol–water partition coefficient (Wildman–Crippen LogP) is 0.747. The van der Waals surface area contributed by atoms with Gasteiger partial charge in [-0.3, -0.25) is 9.59 Å². The average molecular weight is 583 g/mol. The number of benzene rings is 2. The van der Waals surface area contributed by atoms with Crippen LogP contribution in [0.25, 0.3) is 0 Å². The molecule has 42 heavy (non-hydrogen) atoms. The molecule has 4 aliphatic rings. The van der Waals surface area contributed by atoms with E-state index in [9.17, 15) is 24.9 Å². The minimum absolute atomic E-state index is 0.0181. The summed E-state index contributed by atoms with van der Waals surface area (Å²) in [6, 6.07) is 7.79. The second-order valence-electron chi connectivity index (χ2n) is 10.7. The van der Waals surface area contributed by atoms with Crippen molar-refractivity contribution < 1.29 is 48.6 Å². The summed E-state index contributed by atoms with van der Waals surface area (Å²) in [7, 11) is 1.47. The fraction of sp³-hybridized carbons (Fsp3) is 0.467. The molecule has 2 aromatic rings. The van der Waals surface area contributed by atoms with Gasteiger partial charge in [0, 0.05) is 30.8 Å². The quantitative estimate of drug-likeness (QED) is 0.333. The summed E-state index contributed by atoms with van der Waals surface area (Å²) in [4.78, 5) is 29.0. The largest absolute Gasteiger partial charge is 0.493 e. The third kappa shape index (κ3) is 5.04. The monoisotopic (exact) mass is 582 g/mol. The molecule has 0 bridgehead atoms. The molecule has 1 fully saturated rings. The minimum Gasteiger partial charge on any atom is -0.493 e. The number of methoxy groups -OCH3 is 1. The zero-order valence-electron chi connectivity index (χ0n) is 23.2. The number of carbonyl (C=O) groups is 2. The van der Waals surface area contributed by atoms with Crippen molar-refractivity contribution in [1.29, 1.82) is 0 Å². The van der Waals surface area contributed by atoms with E-state index in [4.69, 9.17) is 23.7 Å². The van der Waals surface area contributed by atoms with E-state index in [0.717, 1.165) is 12.0 Å². The number of nitrogens with one attached hydrogen (secondary N) is 1. The number of hydrogen-bond acceptors (Lipinski definition) is 10. The molecule has 3 heterocycles. The fourth-order valence-electron chi connectivity index (χ4n) is 6.14. The van der Waals surface area contributed by atoms with Crippen LogP contribution in [0.15, 0.2) is 42.0 Å². The zero-order valence-corrected chi connectivity index (χ0v) is 23.2. The van der Waals surface area contributed by atoms with Gasteiger partial charge in [0.1, 0.15) is 18.3 Å². The molecule has 4 N–H and O–H groups in total. The number of amides is 2. The lowest BCUT2D eigenvalue weighted by Gasteiger charge is -2.41. The zero-order chi connectivity index (χ0) is 29.4. The molecule has 2 aromatic carbocycles. The number of carbonyl (C=O) groups excluding carboxylic acids is 2. The summed E-state index contributed by atoms with van der Waals surface area (Å²) in [6.45, 7) is 0.160. The number of aliphatic hydroxyl groups excluding tert-OH is 3.